The van der Waals surface area contributed by atoms with Crippen LogP contribution < -0.4 is 5.32 Å². The van der Waals surface area contributed by atoms with Gasteiger partial charge >= 0.3 is 0 Å². The molecule has 3 nitrogen and oxygen atoms in total. The minimum Gasteiger partial charge on any atom is -0.317 e. The van der Waals surface area contributed by atoms with Gasteiger partial charge in [0.05, 0.1) is 11.6 Å². The van der Waals surface area contributed by atoms with Crippen molar-refractivity contribution in [2.24, 2.45) is 11.3 Å². The molecule has 1 saturated carbocycles. The average molecular weight is 361 g/mol. The van der Waals surface area contributed by atoms with Gasteiger partial charge in [-0.1, -0.05) is 19.8 Å². The van der Waals surface area contributed by atoms with Crippen molar-refractivity contribution in [2.45, 2.75) is 58.3 Å². The number of piperidine rings is 1. The largest absolute Gasteiger partial charge is 0.317 e. The quantitative estimate of drug-likeness (QED) is 0.745. The Morgan fingerprint density at radius 2 is 1.80 bits per heavy atom. The molecule has 0 aromatic heterocycles. The highest BCUT2D eigenvalue weighted by Gasteiger charge is 2.35. The van der Waals surface area contributed by atoms with Crippen LogP contribution in [0, 0.1) is 22.7 Å². The summed E-state index contributed by atoms with van der Waals surface area (Å²) >= 11 is 5.18. The third-order valence-corrected chi connectivity index (χ3v) is 5.99. The Balaban J connectivity index is 0.000000186. The van der Waals surface area contributed by atoms with Crippen molar-refractivity contribution in [1.82, 2.24) is 5.32 Å². The predicted molar refractivity (Wildman–Crippen MR) is 103 cm³/mol. The maximum atomic E-state index is 10.5. The molecule has 1 aromatic carbocycles. The van der Waals surface area contributed by atoms with Crippen molar-refractivity contribution in [2.75, 3.05) is 13.1 Å². The zero-order chi connectivity index (χ0) is 18.1. The second kappa shape index (κ2) is 9.94. The number of rotatable bonds is 3. The van der Waals surface area contributed by atoms with Crippen LogP contribution in [0.5, 0.6) is 0 Å². The molecule has 2 fully saturated rings. The number of carbonyl (C=O) groups excluding carboxylic acids is 1. The second-order valence-electron chi connectivity index (χ2n) is 7.44. The van der Waals surface area contributed by atoms with Crippen LogP contribution in [0.15, 0.2) is 24.3 Å². The molecule has 25 heavy (non-hydrogen) atoms. The maximum absolute atomic E-state index is 10.5. The van der Waals surface area contributed by atoms with E-state index in [0.29, 0.717) is 11.1 Å². The molecule has 1 aliphatic heterocycles. The van der Waals surface area contributed by atoms with Crippen LogP contribution in [0.1, 0.15) is 74.2 Å². The highest BCUT2D eigenvalue weighted by molar-refractivity contribution is 6.67. The fraction of sp³-hybridized carbons (Fsp3) is 0.619. The zero-order valence-corrected chi connectivity index (χ0v) is 15.9. The number of nitrogens with zero attached hydrogens (tertiary/aromatic N) is 1. The third-order valence-electron chi connectivity index (χ3n) is 5.77. The molecule has 1 heterocycles. The second-order valence-corrected chi connectivity index (χ2v) is 7.79. The van der Waals surface area contributed by atoms with E-state index in [-0.39, 0.29) is 0 Å². The molecule has 0 radical (unpaired) electrons. The van der Waals surface area contributed by atoms with Crippen molar-refractivity contribution in [1.29, 1.82) is 5.26 Å². The molecule has 1 aliphatic carbocycles. The van der Waals surface area contributed by atoms with Crippen LogP contribution in [0.25, 0.3) is 0 Å². The van der Waals surface area contributed by atoms with Gasteiger partial charge in [0, 0.05) is 5.56 Å². The number of hydrogen-bond donors (Lipinski definition) is 1. The first kappa shape index (κ1) is 19.9. The summed E-state index contributed by atoms with van der Waals surface area (Å²) in [6.07, 6.45) is 11.9. The normalized spacial score (nSPS) is 19.6. The van der Waals surface area contributed by atoms with Crippen molar-refractivity contribution >= 4 is 16.8 Å². The number of hydrogen-bond acceptors (Lipinski definition) is 3. The Kier molecular flexibility index (Phi) is 7.93. The number of carbonyl (C=O) groups is 1. The van der Waals surface area contributed by atoms with E-state index in [4.69, 9.17) is 16.9 Å². The molecule has 4 heteroatoms. The summed E-state index contributed by atoms with van der Waals surface area (Å²) in [5.74, 6) is 1.07. The fourth-order valence-electron chi connectivity index (χ4n) is 4.12. The summed E-state index contributed by atoms with van der Waals surface area (Å²) in [5, 5.41) is 11.4. The van der Waals surface area contributed by atoms with Gasteiger partial charge in [0.1, 0.15) is 0 Å². The number of nitrogens with one attached hydrogen (secondary N) is 1. The first-order chi connectivity index (χ1) is 12.1. The lowest BCUT2D eigenvalue weighted by Gasteiger charge is -2.43. The summed E-state index contributed by atoms with van der Waals surface area (Å²) < 4.78 is 0. The van der Waals surface area contributed by atoms with Crippen LogP contribution in [-0.4, -0.2) is 18.3 Å². The van der Waals surface area contributed by atoms with Crippen LogP contribution in [0.4, 0.5) is 0 Å². The molecule has 1 spiro atoms. The van der Waals surface area contributed by atoms with Gasteiger partial charge in [0.2, 0.25) is 0 Å². The van der Waals surface area contributed by atoms with E-state index in [2.05, 4.69) is 12.2 Å². The molecule has 1 aromatic rings. The molecule has 1 saturated heterocycles. The first-order valence-electron chi connectivity index (χ1n) is 9.49. The van der Waals surface area contributed by atoms with Gasteiger partial charge in [0.25, 0.3) is 5.24 Å². The lowest BCUT2D eigenvalue weighted by molar-refractivity contribution is 0.102. The minimum absolute atomic E-state index is 0.408. The van der Waals surface area contributed by atoms with Crippen molar-refractivity contribution < 1.29 is 4.79 Å². The molecule has 0 bridgehead atoms. The van der Waals surface area contributed by atoms with E-state index in [1.54, 1.807) is 12.1 Å². The topological polar surface area (TPSA) is 52.9 Å². The summed E-state index contributed by atoms with van der Waals surface area (Å²) in [6.45, 7) is 4.88. The predicted octanol–water partition coefficient (Wildman–Crippen LogP) is 5.28. The maximum Gasteiger partial charge on any atom is 0.252 e. The van der Waals surface area contributed by atoms with Crippen LogP contribution in [0.2, 0.25) is 0 Å². The van der Waals surface area contributed by atoms with Gasteiger partial charge in [-0.25, -0.2) is 0 Å². The SMILES string of the molecule is CCCC1CCC2(CCNCC2)CC1.N#Cc1ccc(C(=O)Cl)cc1. The lowest BCUT2D eigenvalue weighted by atomic mass is 9.65. The molecule has 136 valence electrons. The van der Waals surface area contributed by atoms with Gasteiger partial charge in [-0.15, -0.1) is 0 Å². The van der Waals surface area contributed by atoms with Gasteiger partial charge in [-0.3, -0.25) is 4.79 Å². The van der Waals surface area contributed by atoms with E-state index in [1.807, 2.05) is 6.07 Å². The molecular weight excluding hydrogens is 332 g/mol. The summed E-state index contributed by atoms with van der Waals surface area (Å²) in [7, 11) is 0. The van der Waals surface area contributed by atoms with E-state index in [9.17, 15) is 4.79 Å². The van der Waals surface area contributed by atoms with Crippen LogP contribution in [-0.2, 0) is 0 Å². The zero-order valence-electron chi connectivity index (χ0n) is 15.2. The number of benzene rings is 1. The van der Waals surface area contributed by atoms with Crippen LogP contribution in [0.3, 0.4) is 0 Å². The minimum atomic E-state index is -0.505. The highest BCUT2D eigenvalue weighted by atomic mass is 35.5. The fourth-order valence-corrected chi connectivity index (χ4v) is 4.25. The Bertz CT molecular complexity index is 575. The molecule has 3 rings (SSSR count). The van der Waals surface area contributed by atoms with Gasteiger partial charge < -0.3 is 5.32 Å². The summed E-state index contributed by atoms with van der Waals surface area (Å²) in [4.78, 5) is 10.5. The van der Waals surface area contributed by atoms with Gasteiger partial charge in [-0.2, -0.15) is 5.26 Å². The smallest absolute Gasteiger partial charge is 0.252 e. The van der Waals surface area contributed by atoms with E-state index in [1.165, 1.54) is 76.6 Å². The van der Waals surface area contributed by atoms with Crippen molar-refractivity contribution in [3.8, 4) is 6.07 Å². The Labute approximate surface area is 156 Å². The molecular formula is C21H29ClN2O. The van der Waals surface area contributed by atoms with E-state index >= 15 is 0 Å². The molecule has 0 atom stereocenters. The van der Waals surface area contributed by atoms with E-state index < -0.39 is 5.24 Å². The standard InChI is InChI=1S/C13H25N.C8H4ClNO/c1-2-3-12-4-6-13(7-5-12)8-10-14-11-9-13;9-8(11)7-3-1-6(5-10)2-4-7/h12,14H,2-11H2,1H3;1-4H. The third kappa shape index (κ3) is 6.13. The van der Waals surface area contributed by atoms with Gasteiger partial charge in [0.15, 0.2) is 0 Å². The Morgan fingerprint density at radius 3 is 2.28 bits per heavy atom. The van der Waals surface area contributed by atoms with Crippen molar-refractivity contribution in [3.05, 3.63) is 35.4 Å². The van der Waals surface area contributed by atoms with Crippen molar-refractivity contribution in [3.63, 3.8) is 0 Å². The Morgan fingerprint density at radius 1 is 1.20 bits per heavy atom. The molecule has 1 N–H and O–H groups in total. The lowest BCUT2D eigenvalue weighted by Crippen LogP contribution is -2.39. The summed E-state index contributed by atoms with van der Waals surface area (Å²) in [6, 6.07) is 8.08. The highest BCUT2D eigenvalue weighted by Crippen LogP contribution is 2.45. The molecule has 0 amide bonds. The number of halogens is 1. The Hall–Kier alpha value is -1.37. The van der Waals surface area contributed by atoms with Gasteiger partial charge in [-0.05, 0) is 98.8 Å². The summed E-state index contributed by atoms with van der Waals surface area (Å²) in [5.41, 5.74) is 1.70. The number of nitriles is 1. The monoisotopic (exact) mass is 360 g/mol. The molecule has 2 aliphatic rings. The van der Waals surface area contributed by atoms with E-state index in [0.717, 1.165) is 11.3 Å². The first-order valence-corrected chi connectivity index (χ1v) is 9.87. The van der Waals surface area contributed by atoms with Crippen LogP contribution >= 0.6 is 11.6 Å². The molecule has 0 unspecified atom stereocenters. The average Bonchev–Trinajstić information content (AvgIpc) is 2.65.